The first-order valence-corrected chi connectivity index (χ1v) is 9.30. The molecule has 1 aromatic carbocycles. The van der Waals surface area contributed by atoms with E-state index in [0.717, 1.165) is 18.4 Å². The van der Waals surface area contributed by atoms with E-state index in [2.05, 4.69) is 5.32 Å². The van der Waals surface area contributed by atoms with Crippen LogP contribution in [0.2, 0.25) is 0 Å². The van der Waals surface area contributed by atoms with Gasteiger partial charge >= 0.3 is 0 Å². The number of halogens is 2. The van der Waals surface area contributed by atoms with Crippen molar-refractivity contribution in [1.29, 1.82) is 0 Å². The van der Waals surface area contributed by atoms with Crippen LogP contribution in [0.1, 0.15) is 12.8 Å². The Morgan fingerprint density at radius 1 is 1.12 bits per heavy atom. The summed E-state index contributed by atoms with van der Waals surface area (Å²) in [6, 6.07) is 3.25. The summed E-state index contributed by atoms with van der Waals surface area (Å²) in [5, 5.41) is 2.14. The fourth-order valence-corrected chi connectivity index (χ4v) is 2.94. The minimum atomic E-state index is -3.46. The average Bonchev–Trinajstić information content (AvgIpc) is 2.45. The second-order valence-corrected chi connectivity index (χ2v) is 7.70. The van der Waals surface area contributed by atoms with Crippen molar-refractivity contribution in [2.45, 2.75) is 12.8 Å². The minimum Gasteiger partial charge on any atom is -0.321 e. The van der Waals surface area contributed by atoms with Crippen molar-refractivity contribution in [2.24, 2.45) is 0 Å². The van der Waals surface area contributed by atoms with E-state index in [1.165, 1.54) is 10.4 Å². The van der Waals surface area contributed by atoms with Crippen LogP contribution >= 0.6 is 0 Å². The van der Waals surface area contributed by atoms with Gasteiger partial charge < -0.3 is 10.2 Å². The molecule has 1 rings (SSSR count). The number of carbonyl (C=O) groups is 1. The number of nitrogens with zero attached hydrogens (tertiary/aromatic N) is 2. The van der Waals surface area contributed by atoms with Gasteiger partial charge in [-0.2, -0.15) is 0 Å². The number of amides is 1. The molecule has 0 unspecified atom stereocenters. The molecule has 0 fully saturated rings. The van der Waals surface area contributed by atoms with E-state index in [-0.39, 0.29) is 19.5 Å². The van der Waals surface area contributed by atoms with Crippen LogP contribution in [-0.2, 0) is 14.8 Å². The van der Waals surface area contributed by atoms with Crippen molar-refractivity contribution in [3.8, 4) is 0 Å². The SMILES string of the molecule is CN(C)CCCN(CCC(=O)Nc1c(F)cccc1F)S(C)(=O)=O. The van der Waals surface area contributed by atoms with Crippen molar-refractivity contribution >= 4 is 21.6 Å². The van der Waals surface area contributed by atoms with Gasteiger partial charge in [-0.15, -0.1) is 0 Å². The summed E-state index contributed by atoms with van der Waals surface area (Å²) in [6.45, 7) is 0.936. The van der Waals surface area contributed by atoms with E-state index in [1.54, 1.807) is 0 Å². The zero-order valence-electron chi connectivity index (χ0n) is 14.1. The lowest BCUT2D eigenvalue weighted by Crippen LogP contribution is -2.35. The number of anilines is 1. The lowest BCUT2D eigenvalue weighted by Gasteiger charge is -2.20. The van der Waals surface area contributed by atoms with Gasteiger partial charge in [-0.05, 0) is 39.2 Å². The molecule has 0 saturated heterocycles. The molecule has 24 heavy (non-hydrogen) atoms. The van der Waals surface area contributed by atoms with Gasteiger partial charge in [0.2, 0.25) is 15.9 Å². The van der Waals surface area contributed by atoms with Gasteiger partial charge in [0.1, 0.15) is 17.3 Å². The van der Waals surface area contributed by atoms with Gasteiger partial charge in [0, 0.05) is 19.5 Å². The number of hydrogen-bond donors (Lipinski definition) is 1. The van der Waals surface area contributed by atoms with Crippen molar-refractivity contribution < 1.29 is 22.0 Å². The molecule has 0 bridgehead atoms. The highest BCUT2D eigenvalue weighted by molar-refractivity contribution is 7.88. The maximum absolute atomic E-state index is 13.5. The lowest BCUT2D eigenvalue weighted by atomic mass is 10.2. The summed E-state index contributed by atoms with van der Waals surface area (Å²) < 4.78 is 51.6. The number of hydrogen-bond acceptors (Lipinski definition) is 4. The smallest absolute Gasteiger partial charge is 0.225 e. The Morgan fingerprint density at radius 2 is 1.71 bits per heavy atom. The molecule has 6 nitrogen and oxygen atoms in total. The highest BCUT2D eigenvalue weighted by Gasteiger charge is 2.18. The first kappa shape index (κ1) is 20.5. The van der Waals surface area contributed by atoms with Crippen LogP contribution in [0.4, 0.5) is 14.5 Å². The van der Waals surface area contributed by atoms with Crippen LogP contribution in [0.5, 0.6) is 0 Å². The highest BCUT2D eigenvalue weighted by Crippen LogP contribution is 2.18. The highest BCUT2D eigenvalue weighted by atomic mass is 32.2. The quantitative estimate of drug-likeness (QED) is 0.722. The Labute approximate surface area is 141 Å². The molecule has 0 spiro atoms. The van der Waals surface area contributed by atoms with E-state index >= 15 is 0 Å². The molecule has 0 aliphatic carbocycles. The molecule has 0 aromatic heterocycles. The lowest BCUT2D eigenvalue weighted by molar-refractivity contribution is -0.116. The second kappa shape index (κ2) is 9.05. The van der Waals surface area contributed by atoms with E-state index in [1.807, 2.05) is 19.0 Å². The van der Waals surface area contributed by atoms with E-state index in [9.17, 15) is 22.0 Å². The van der Waals surface area contributed by atoms with Crippen LogP contribution in [0.25, 0.3) is 0 Å². The Hall–Kier alpha value is -1.58. The van der Waals surface area contributed by atoms with Gasteiger partial charge in [-0.3, -0.25) is 4.79 Å². The summed E-state index contributed by atoms with van der Waals surface area (Å²) in [5.41, 5.74) is -0.527. The normalized spacial score (nSPS) is 12.0. The third-order valence-electron chi connectivity index (χ3n) is 3.30. The van der Waals surface area contributed by atoms with Gasteiger partial charge in [0.05, 0.1) is 6.26 Å². The largest absolute Gasteiger partial charge is 0.321 e. The van der Waals surface area contributed by atoms with Gasteiger partial charge in [0.15, 0.2) is 0 Å². The van der Waals surface area contributed by atoms with Crippen LogP contribution in [0.3, 0.4) is 0 Å². The van der Waals surface area contributed by atoms with Crippen molar-refractivity contribution in [2.75, 3.05) is 45.3 Å². The topological polar surface area (TPSA) is 69.7 Å². The molecule has 1 N–H and O–H groups in total. The molecular weight excluding hydrogens is 340 g/mol. The first-order chi connectivity index (χ1) is 11.1. The Balaban J connectivity index is 2.61. The Bertz CT molecular complexity index is 646. The van der Waals surface area contributed by atoms with E-state index in [4.69, 9.17) is 0 Å². The first-order valence-electron chi connectivity index (χ1n) is 7.45. The van der Waals surface area contributed by atoms with Crippen LogP contribution in [0, 0.1) is 11.6 Å². The standard InChI is InChI=1S/C15H23F2N3O3S/c1-19(2)9-5-10-20(24(3,22)23)11-8-14(21)18-15-12(16)6-4-7-13(15)17/h4,6-7H,5,8-11H2,1-3H3,(H,18,21). The predicted octanol–water partition coefficient (Wildman–Crippen LogP) is 1.51. The van der Waals surface area contributed by atoms with Crippen molar-refractivity contribution in [1.82, 2.24) is 9.21 Å². The van der Waals surface area contributed by atoms with Crippen LogP contribution < -0.4 is 5.32 Å². The summed E-state index contributed by atoms with van der Waals surface area (Å²) in [4.78, 5) is 13.8. The fourth-order valence-electron chi connectivity index (χ4n) is 2.05. The van der Waals surface area contributed by atoms with Crippen molar-refractivity contribution in [3.05, 3.63) is 29.8 Å². The molecule has 0 saturated carbocycles. The molecule has 0 radical (unpaired) electrons. The van der Waals surface area contributed by atoms with Gasteiger partial charge in [-0.1, -0.05) is 6.07 Å². The van der Waals surface area contributed by atoms with E-state index < -0.39 is 33.3 Å². The molecule has 1 aromatic rings. The summed E-state index contributed by atoms with van der Waals surface area (Å²) in [7, 11) is 0.291. The monoisotopic (exact) mass is 363 g/mol. The maximum Gasteiger partial charge on any atom is 0.225 e. The third kappa shape index (κ3) is 6.90. The maximum atomic E-state index is 13.5. The second-order valence-electron chi connectivity index (χ2n) is 5.71. The minimum absolute atomic E-state index is 0.0475. The number of sulfonamides is 1. The zero-order chi connectivity index (χ0) is 18.3. The van der Waals surface area contributed by atoms with Crippen LogP contribution in [-0.4, -0.2) is 63.5 Å². The number of nitrogens with one attached hydrogen (secondary N) is 1. The third-order valence-corrected chi connectivity index (χ3v) is 4.60. The van der Waals surface area contributed by atoms with Gasteiger partial charge in [-0.25, -0.2) is 21.5 Å². The molecule has 136 valence electrons. The van der Waals surface area contributed by atoms with Crippen LogP contribution in [0.15, 0.2) is 18.2 Å². The summed E-state index contributed by atoms with van der Waals surface area (Å²) in [6.07, 6.45) is 1.49. The number of carbonyl (C=O) groups excluding carboxylic acids is 1. The average molecular weight is 363 g/mol. The molecule has 9 heteroatoms. The van der Waals surface area contributed by atoms with E-state index in [0.29, 0.717) is 13.0 Å². The Morgan fingerprint density at radius 3 is 2.21 bits per heavy atom. The number of rotatable bonds is 9. The van der Waals surface area contributed by atoms with Gasteiger partial charge in [0.25, 0.3) is 0 Å². The molecule has 0 atom stereocenters. The predicted molar refractivity (Wildman–Crippen MR) is 89.2 cm³/mol. The number of para-hydroxylation sites is 1. The zero-order valence-corrected chi connectivity index (χ0v) is 14.9. The Kier molecular flexibility index (Phi) is 7.71. The number of benzene rings is 1. The summed E-state index contributed by atoms with van der Waals surface area (Å²) in [5.74, 6) is -2.41. The molecule has 1 amide bonds. The fraction of sp³-hybridized carbons (Fsp3) is 0.533. The molecule has 0 aliphatic rings. The van der Waals surface area contributed by atoms with Crippen molar-refractivity contribution in [3.63, 3.8) is 0 Å². The molecule has 0 aliphatic heterocycles. The molecular formula is C15H23F2N3O3S. The molecule has 0 heterocycles. The summed E-state index contributed by atoms with van der Waals surface area (Å²) >= 11 is 0.